The van der Waals surface area contributed by atoms with Crippen molar-refractivity contribution in [1.82, 2.24) is 14.7 Å². The van der Waals surface area contributed by atoms with Crippen molar-refractivity contribution in [3.8, 4) is 0 Å². The normalized spacial score (nSPS) is 20.1. The molecular formula is C30H35N3O3S. The first-order chi connectivity index (χ1) is 18.0. The molecule has 194 valence electrons. The third kappa shape index (κ3) is 5.95. The van der Waals surface area contributed by atoms with E-state index in [1.165, 1.54) is 21.6 Å². The molecule has 6 nitrogen and oxygen atoms in total. The fourth-order valence-electron chi connectivity index (χ4n) is 5.42. The molecule has 0 radical (unpaired) electrons. The van der Waals surface area contributed by atoms with Crippen molar-refractivity contribution in [2.75, 3.05) is 39.3 Å². The summed E-state index contributed by atoms with van der Waals surface area (Å²) in [5.41, 5.74) is 4.85. The molecule has 2 unspecified atom stereocenters. The van der Waals surface area contributed by atoms with E-state index < -0.39 is 0 Å². The highest BCUT2D eigenvalue weighted by molar-refractivity contribution is 7.10. The van der Waals surface area contributed by atoms with E-state index in [2.05, 4.69) is 47.5 Å². The van der Waals surface area contributed by atoms with E-state index in [1.807, 2.05) is 58.4 Å². The van der Waals surface area contributed by atoms with Gasteiger partial charge in [0.05, 0.1) is 19.2 Å². The summed E-state index contributed by atoms with van der Waals surface area (Å²) in [4.78, 5) is 33.8. The van der Waals surface area contributed by atoms with Gasteiger partial charge in [-0.15, -0.1) is 11.3 Å². The van der Waals surface area contributed by atoms with Crippen LogP contribution in [0.5, 0.6) is 0 Å². The number of carbonyl (C=O) groups is 2. The molecule has 7 heteroatoms. The summed E-state index contributed by atoms with van der Waals surface area (Å²) in [7, 11) is 0. The highest BCUT2D eigenvalue weighted by Crippen LogP contribution is 2.37. The van der Waals surface area contributed by atoms with Crippen LogP contribution in [0.1, 0.15) is 40.1 Å². The SMILES string of the molecule is Cc1ccc(C2c3ccsc3CCN2CC(=O)N2CCN(C(=O)COCc3ccccc3)C(C)C2)cc1. The quantitative estimate of drug-likeness (QED) is 0.470. The number of rotatable bonds is 7. The zero-order valence-corrected chi connectivity index (χ0v) is 22.5. The van der Waals surface area contributed by atoms with Crippen molar-refractivity contribution in [2.45, 2.75) is 39.0 Å². The zero-order valence-electron chi connectivity index (χ0n) is 21.6. The molecule has 1 fully saturated rings. The lowest BCUT2D eigenvalue weighted by Gasteiger charge is -2.42. The lowest BCUT2D eigenvalue weighted by atomic mass is 9.92. The molecule has 0 N–H and O–H groups in total. The van der Waals surface area contributed by atoms with Crippen LogP contribution in [0, 0.1) is 6.92 Å². The largest absolute Gasteiger partial charge is 0.367 e. The number of ether oxygens (including phenoxy) is 1. The molecule has 2 amide bonds. The number of benzene rings is 2. The molecule has 5 rings (SSSR count). The summed E-state index contributed by atoms with van der Waals surface area (Å²) in [6.07, 6.45) is 0.976. The Morgan fingerprint density at radius 2 is 1.76 bits per heavy atom. The average molecular weight is 518 g/mol. The standard InChI is InChI=1S/C30H35N3O3S/c1-22-8-10-25(11-9-22)30-26-13-17-37-27(26)12-14-32(30)19-28(34)31-15-16-33(23(2)18-31)29(35)21-36-20-24-6-4-3-5-7-24/h3-11,13,17,23,30H,12,14-16,18-21H2,1-2H3. The third-order valence-corrected chi connectivity index (χ3v) is 8.43. The number of fused-ring (bicyclic) bond motifs is 1. The van der Waals surface area contributed by atoms with Gasteiger partial charge in [-0.3, -0.25) is 14.5 Å². The highest BCUT2D eigenvalue weighted by Gasteiger charge is 2.34. The van der Waals surface area contributed by atoms with Crippen LogP contribution in [0.3, 0.4) is 0 Å². The lowest BCUT2D eigenvalue weighted by Crippen LogP contribution is -2.57. The van der Waals surface area contributed by atoms with Gasteiger partial charge in [0.15, 0.2) is 0 Å². The molecule has 2 atom stereocenters. The smallest absolute Gasteiger partial charge is 0.248 e. The predicted octanol–water partition coefficient (Wildman–Crippen LogP) is 4.28. The molecule has 2 aliphatic heterocycles. The van der Waals surface area contributed by atoms with Gasteiger partial charge in [0, 0.05) is 37.1 Å². The number of hydrogen-bond acceptors (Lipinski definition) is 5. The fraction of sp³-hybridized carbons (Fsp3) is 0.400. The average Bonchev–Trinajstić information content (AvgIpc) is 3.38. The van der Waals surface area contributed by atoms with E-state index in [0.29, 0.717) is 32.8 Å². The van der Waals surface area contributed by atoms with Crippen molar-refractivity contribution in [2.24, 2.45) is 0 Å². The Kier molecular flexibility index (Phi) is 8.03. The maximum atomic E-state index is 13.5. The second-order valence-electron chi connectivity index (χ2n) is 10.1. The van der Waals surface area contributed by atoms with E-state index >= 15 is 0 Å². The summed E-state index contributed by atoms with van der Waals surface area (Å²) >= 11 is 1.81. The van der Waals surface area contributed by atoms with Crippen molar-refractivity contribution < 1.29 is 14.3 Å². The maximum Gasteiger partial charge on any atom is 0.248 e. The molecule has 1 aromatic heterocycles. The number of carbonyl (C=O) groups excluding carboxylic acids is 2. The number of piperazine rings is 1. The molecule has 37 heavy (non-hydrogen) atoms. The maximum absolute atomic E-state index is 13.5. The molecule has 0 saturated carbocycles. The number of nitrogens with zero attached hydrogens (tertiary/aromatic N) is 3. The van der Waals surface area contributed by atoms with Crippen LogP contribution in [0.25, 0.3) is 0 Å². The molecule has 0 aliphatic carbocycles. The van der Waals surface area contributed by atoms with E-state index in [0.717, 1.165) is 18.5 Å². The number of aryl methyl sites for hydroxylation is 1. The van der Waals surface area contributed by atoms with Crippen LogP contribution >= 0.6 is 11.3 Å². The van der Waals surface area contributed by atoms with Crippen LogP contribution in [0.2, 0.25) is 0 Å². The summed E-state index contributed by atoms with van der Waals surface area (Å²) < 4.78 is 5.66. The third-order valence-electron chi connectivity index (χ3n) is 7.43. The number of amides is 2. The number of hydrogen-bond donors (Lipinski definition) is 0. The van der Waals surface area contributed by atoms with Gasteiger partial charge in [-0.05, 0) is 48.4 Å². The van der Waals surface area contributed by atoms with E-state index in [4.69, 9.17) is 4.74 Å². The van der Waals surface area contributed by atoms with E-state index in [9.17, 15) is 9.59 Å². The minimum Gasteiger partial charge on any atom is -0.367 e. The lowest BCUT2D eigenvalue weighted by molar-refractivity contribution is -0.146. The molecule has 3 aromatic rings. The van der Waals surface area contributed by atoms with Gasteiger partial charge in [-0.1, -0.05) is 60.2 Å². The summed E-state index contributed by atoms with van der Waals surface area (Å²) in [6, 6.07) is 20.8. The fourth-order valence-corrected chi connectivity index (χ4v) is 6.32. The van der Waals surface area contributed by atoms with E-state index in [-0.39, 0.29) is 30.5 Å². The molecule has 0 bridgehead atoms. The number of thiophene rings is 1. The summed E-state index contributed by atoms with van der Waals surface area (Å²) in [5.74, 6) is 0.117. The van der Waals surface area contributed by atoms with Crippen molar-refractivity contribution >= 4 is 23.2 Å². The Balaban J connectivity index is 1.18. The van der Waals surface area contributed by atoms with Crippen LogP contribution in [0.4, 0.5) is 0 Å². The Morgan fingerprint density at radius 3 is 2.51 bits per heavy atom. The first-order valence-electron chi connectivity index (χ1n) is 13.1. The van der Waals surface area contributed by atoms with Crippen LogP contribution in [0.15, 0.2) is 66.0 Å². The predicted molar refractivity (Wildman–Crippen MR) is 146 cm³/mol. The van der Waals surface area contributed by atoms with Gasteiger partial charge in [0.1, 0.15) is 6.61 Å². The highest BCUT2D eigenvalue weighted by atomic mass is 32.1. The van der Waals surface area contributed by atoms with Gasteiger partial charge >= 0.3 is 0 Å². The monoisotopic (exact) mass is 517 g/mol. The van der Waals surface area contributed by atoms with Crippen molar-refractivity contribution in [3.63, 3.8) is 0 Å². The van der Waals surface area contributed by atoms with Gasteiger partial charge in [0.25, 0.3) is 0 Å². The van der Waals surface area contributed by atoms with Crippen LogP contribution < -0.4 is 0 Å². The Hall–Kier alpha value is -3.00. The molecular weight excluding hydrogens is 482 g/mol. The van der Waals surface area contributed by atoms with Gasteiger partial charge < -0.3 is 14.5 Å². The first kappa shape index (κ1) is 25.6. The Labute approximate surface area is 223 Å². The van der Waals surface area contributed by atoms with Crippen molar-refractivity contribution in [3.05, 3.63) is 93.2 Å². The van der Waals surface area contributed by atoms with Gasteiger partial charge in [0.2, 0.25) is 11.8 Å². The molecule has 3 heterocycles. The Morgan fingerprint density at radius 1 is 0.973 bits per heavy atom. The second kappa shape index (κ2) is 11.6. The van der Waals surface area contributed by atoms with E-state index in [1.54, 1.807) is 0 Å². The first-order valence-corrected chi connectivity index (χ1v) is 13.9. The molecule has 1 saturated heterocycles. The molecule has 2 aliphatic rings. The van der Waals surface area contributed by atoms with Crippen LogP contribution in [-0.4, -0.2) is 71.9 Å². The summed E-state index contributed by atoms with van der Waals surface area (Å²) in [5, 5.41) is 2.17. The Bertz CT molecular complexity index is 1210. The molecule has 0 spiro atoms. The zero-order chi connectivity index (χ0) is 25.8. The second-order valence-corrected chi connectivity index (χ2v) is 11.1. The van der Waals surface area contributed by atoms with Crippen molar-refractivity contribution in [1.29, 1.82) is 0 Å². The van der Waals surface area contributed by atoms with Crippen LogP contribution in [-0.2, 0) is 27.4 Å². The topological polar surface area (TPSA) is 53.1 Å². The van der Waals surface area contributed by atoms with Gasteiger partial charge in [-0.25, -0.2) is 0 Å². The summed E-state index contributed by atoms with van der Waals surface area (Å²) in [6.45, 7) is 7.49. The minimum absolute atomic E-state index is 0.0176. The molecule has 2 aromatic carbocycles. The van der Waals surface area contributed by atoms with Gasteiger partial charge in [-0.2, -0.15) is 0 Å². The minimum atomic E-state index is -0.0387.